The van der Waals surface area contributed by atoms with Gasteiger partial charge in [0.05, 0.1) is 23.0 Å². The fourth-order valence-electron chi connectivity index (χ4n) is 4.12. The minimum atomic E-state index is -3.39. The van der Waals surface area contributed by atoms with E-state index in [0.717, 1.165) is 23.0 Å². The van der Waals surface area contributed by atoms with Crippen molar-refractivity contribution in [3.8, 4) is 23.0 Å². The van der Waals surface area contributed by atoms with E-state index >= 15 is 0 Å². The molecule has 0 bridgehead atoms. The second-order valence-electron chi connectivity index (χ2n) is 8.57. The molecule has 1 aliphatic rings. The summed E-state index contributed by atoms with van der Waals surface area (Å²) < 4.78 is 30.1. The van der Waals surface area contributed by atoms with Gasteiger partial charge in [-0.15, -0.1) is 0 Å². The number of fused-ring (bicyclic) bond motifs is 1. The van der Waals surface area contributed by atoms with E-state index in [1.165, 1.54) is 12.3 Å². The fraction of sp³-hybridized carbons (Fsp3) is 0.280. The minimum absolute atomic E-state index is 0.0113. The lowest BCUT2D eigenvalue weighted by Gasteiger charge is -2.17. The number of sulfone groups is 1. The highest BCUT2D eigenvalue weighted by atomic mass is 32.2. The summed E-state index contributed by atoms with van der Waals surface area (Å²) in [6.07, 6.45) is 3.93. The van der Waals surface area contributed by atoms with Crippen LogP contribution in [0.25, 0.3) is 22.6 Å². The van der Waals surface area contributed by atoms with Gasteiger partial charge in [-0.2, -0.15) is 0 Å². The molecule has 5 rings (SSSR count). The highest BCUT2D eigenvalue weighted by Crippen LogP contribution is 2.31. The molecule has 9 nitrogen and oxygen atoms in total. The molecule has 0 spiro atoms. The molecule has 1 atom stereocenters. The Labute approximate surface area is 203 Å². The van der Waals surface area contributed by atoms with Crippen molar-refractivity contribution >= 4 is 26.8 Å². The Morgan fingerprint density at radius 2 is 2.00 bits per heavy atom. The van der Waals surface area contributed by atoms with Crippen molar-refractivity contribution in [2.24, 2.45) is 5.92 Å². The molecular weight excluding hydrogens is 466 g/mol. The van der Waals surface area contributed by atoms with Crippen LogP contribution in [0.1, 0.15) is 25.8 Å². The zero-order valence-electron chi connectivity index (χ0n) is 19.4. The molecule has 1 saturated heterocycles. The first kappa shape index (κ1) is 23.0. The Morgan fingerprint density at radius 3 is 2.66 bits per heavy atom. The number of carbonyl (C=O) groups is 1. The predicted molar refractivity (Wildman–Crippen MR) is 131 cm³/mol. The normalized spacial score (nSPS) is 16.2. The van der Waals surface area contributed by atoms with Crippen molar-refractivity contribution < 1.29 is 17.9 Å². The van der Waals surface area contributed by atoms with Crippen LogP contribution in [-0.2, 0) is 21.2 Å². The molecule has 10 heteroatoms. The maximum atomic E-state index is 12.6. The van der Waals surface area contributed by atoms with Crippen molar-refractivity contribution in [2.45, 2.75) is 31.8 Å². The number of aromatic nitrogens is 4. The van der Waals surface area contributed by atoms with Gasteiger partial charge < -0.3 is 14.6 Å². The smallest absolute Gasteiger partial charge is 0.225 e. The van der Waals surface area contributed by atoms with Crippen molar-refractivity contribution in [3.05, 3.63) is 60.4 Å². The number of ether oxygens (including phenoxy) is 1. The van der Waals surface area contributed by atoms with E-state index in [0.29, 0.717) is 36.1 Å². The highest BCUT2D eigenvalue weighted by Gasteiger charge is 2.28. The largest absolute Gasteiger partial charge is 0.456 e. The molecule has 4 heterocycles. The van der Waals surface area contributed by atoms with Crippen molar-refractivity contribution in [1.82, 2.24) is 24.8 Å². The summed E-state index contributed by atoms with van der Waals surface area (Å²) in [5.74, 6) is 1.67. The van der Waals surface area contributed by atoms with Gasteiger partial charge in [0.2, 0.25) is 5.91 Å². The number of nitrogens with one attached hydrogen (secondary N) is 1. The van der Waals surface area contributed by atoms with Crippen molar-refractivity contribution in [1.29, 1.82) is 0 Å². The average Bonchev–Trinajstić information content (AvgIpc) is 3.44. The molecule has 3 aromatic heterocycles. The summed E-state index contributed by atoms with van der Waals surface area (Å²) >= 11 is 0. The molecule has 1 unspecified atom stereocenters. The molecule has 1 aromatic carbocycles. The number of pyridine rings is 2. The second kappa shape index (κ2) is 9.10. The van der Waals surface area contributed by atoms with Gasteiger partial charge in [0.1, 0.15) is 17.2 Å². The van der Waals surface area contributed by atoms with Crippen LogP contribution in [0.15, 0.2) is 59.9 Å². The third kappa shape index (κ3) is 4.61. The van der Waals surface area contributed by atoms with Crippen LogP contribution >= 0.6 is 0 Å². The minimum Gasteiger partial charge on any atom is -0.456 e. The molecule has 0 aliphatic carbocycles. The summed E-state index contributed by atoms with van der Waals surface area (Å²) in [6.45, 7) is 4.63. The number of nitrogens with zero attached hydrogens (tertiary/aromatic N) is 4. The number of benzene rings is 1. The topological polar surface area (TPSA) is 118 Å². The van der Waals surface area contributed by atoms with Crippen LogP contribution in [0, 0.1) is 5.92 Å². The number of amides is 1. The monoisotopic (exact) mass is 491 g/mol. The number of hydrogen-bond acceptors (Lipinski definition) is 7. The third-order valence-electron chi connectivity index (χ3n) is 6.12. The van der Waals surface area contributed by atoms with Crippen LogP contribution in [-0.4, -0.2) is 51.5 Å². The Balaban J connectivity index is 1.52. The molecule has 1 N–H and O–H groups in total. The van der Waals surface area contributed by atoms with Crippen LogP contribution in [0.2, 0.25) is 0 Å². The summed E-state index contributed by atoms with van der Waals surface area (Å²) in [4.78, 5) is 30.9. The second-order valence-corrected chi connectivity index (χ2v) is 10.8. The van der Waals surface area contributed by atoms with Crippen LogP contribution in [0.4, 0.5) is 0 Å². The van der Waals surface area contributed by atoms with Crippen LogP contribution in [0.5, 0.6) is 11.5 Å². The van der Waals surface area contributed by atoms with Gasteiger partial charge in [-0.05, 0) is 36.8 Å². The lowest BCUT2D eigenvalue weighted by atomic mass is 10.1. The van der Waals surface area contributed by atoms with Gasteiger partial charge >= 0.3 is 0 Å². The van der Waals surface area contributed by atoms with E-state index in [9.17, 15) is 13.2 Å². The van der Waals surface area contributed by atoms with Crippen molar-refractivity contribution in [3.63, 3.8) is 0 Å². The van der Waals surface area contributed by atoms with E-state index < -0.39 is 9.84 Å². The van der Waals surface area contributed by atoms with Crippen molar-refractivity contribution in [2.75, 3.05) is 12.3 Å². The fourth-order valence-corrected chi connectivity index (χ4v) is 4.90. The first-order valence-corrected chi connectivity index (χ1v) is 13.1. The zero-order valence-corrected chi connectivity index (χ0v) is 20.2. The Bertz CT molecular complexity index is 1480. The van der Waals surface area contributed by atoms with E-state index in [1.54, 1.807) is 19.2 Å². The van der Waals surface area contributed by atoms with Gasteiger partial charge in [-0.25, -0.2) is 18.4 Å². The van der Waals surface area contributed by atoms with E-state index in [-0.39, 0.29) is 22.6 Å². The zero-order chi connectivity index (χ0) is 24.6. The summed E-state index contributed by atoms with van der Waals surface area (Å²) in [5, 5.41) is 0.0127. The van der Waals surface area contributed by atoms with Gasteiger partial charge in [-0.1, -0.05) is 19.9 Å². The highest BCUT2D eigenvalue weighted by molar-refractivity contribution is 7.91. The molecule has 0 saturated carbocycles. The molecule has 1 aliphatic heterocycles. The molecule has 1 amide bonds. The molecule has 0 radical (unpaired) electrons. The van der Waals surface area contributed by atoms with Crippen LogP contribution in [0.3, 0.4) is 0 Å². The lowest BCUT2D eigenvalue weighted by Crippen LogP contribution is -2.26. The van der Waals surface area contributed by atoms with E-state index in [2.05, 4.69) is 15.0 Å². The molecule has 35 heavy (non-hydrogen) atoms. The lowest BCUT2D eigenvalue weighted by molar-refractivity contribution is -0.131. The number of aromatic amines is 1. The third-order valence-corrected chi connectivity index (χ3v) is 7.76. The molecule has 180 valence electrons. The Hall–Kier alpha value is -3.79. The SMILES string of the molecule is CCS(=O)(=O)c1ccc(Oc2cc(CN3CCC(C)C3=O)c3nc(-c4ccccn4)[nH]c3c2)cn1. The van der Waals surface area contributed by atoms with Gasteiger partial charge in [0.15, 0.2) is 20.7 Å². The molecule has 4 aromatic rings. The maximum absolute atomic E-state index is 12.6. The molecule has 1 fully saturated rings. The van der Waals surface area contributed by atoms with Gasteiger partial charge in [0, 0.05) is 36.8 Å². The van der Waals surface area contributed by atoms with Gasteiger partial charge in [0.25, 0.3) is 0 Å². The predicted octanol–water partition coefficient (Wildman–Crippen LogP) is 3.97. The first-order valence-electron chi connectivity index (χ1n) is 11.4. The summed E-state index contributed by atoms with van der Waals surface area (Å²) in [7, 11) is -3.39. The molecular formula is C25H25N5O4S. The first-order chi connectivity index (χ1) is 16.8. The van der Waals surface area contributed by atoms with Gasteiger partial charge in [-0.3, -0.25) is 9.78 Å². The van der Waals surface area contributed by atoms with Crippen LogP contribution < -0.4 is 4.74 Å². The number of hydrogen-bond donors (Lipinski definition) is 1. The number of rotatable bonds is 7. The number of likely N-dealkylation sites (tertiary alicyclic amines) is 1. The summed E-state index contributed by atoms with van der Waals surface area (Å²) in [6, 6.07) is 12.3. The number of H-pyrrole nitrogens is 1. The quantitative estimate of drug-likeness (QED) is 0.415. The van der Waals surface area contributed by atoms with E-state index in [1.807, 2.05) is 42.2 Å². The maximum Gasteiger partial charge on any atom is 0.225 e. The number of carbonyl (C=O) groups excluding carboxylic acids is 1. The van der Waals surface area contributed by atoms with E-state index in [4.69, 9.17) is 9.72 Å². The standard InChI is InChI=1S/C25H25N5O4S/c1-3-35(32,33)22-8-7-18(14-27-22)34-19-12-17(15-30-11-9-16(2)25(30)31)23-21(13-19)28-24(29-23)20-6-4-5-10-26-20/h4-8,10,12-14,16H,3,9,11,15H2,1-2H3,(H,28,29). The summed E-state index contributed by atoms with van der Waals surface area (Å²) in [5.41, 5.74) is 3.04. The average molecular weight is 492 g/mol. The number of imidazole rings is 1. The Morgan fingerprint density at radius 1 is 1.14 bits per heavy atom. The Kier molecular flexibility index (Phi) is 5.98.